The summed E-state index contributed by atoms with van der Waals surface area (Å²) in [5.74, 6) is -0.230. The fourth-order valence-electron chi connectivity index (χ4n) is 4.65. The molecule has 2 N–H and O–H groups in total. The van der Waals surface area contributed by atoms with Gasteiger partial charge in [0.2, 0.25) is 11.8 Å². The minimum atomic E-state index is -3.29. The predicted molar refractivity (Wildman–Crippen MR) is 117 cm³/mol. The van der Waals surface area contributed by atoms with Crippen LogP contribution in [0.4, 0.5) is 0 Å². The Balaban J connectivity index is 1.61. The van der Waals surface area contributed by atoms with Crippen molar-refractivity contribution in [3.8, 4) is 0 Å². The molecule has 0 saturated carbocycles. The van der Waals surface area contributed by atoms with Gasteiger partial charge >= 0.3 is 0 Å². The van der Waals surface area contributed by atoms with E-state index in [1.54, 1.807) is 11.9 Å². The molecule has 2 amide bonds. The Labute approximate surface area is 179 Å². The summed E-state index contributed by atoms with van der Waals surface area (Å²) in [6.45, 7) is 1.91. The molecule has 1 aromatic carbocycles. The maximum absolute atomic E-state index is 13.1. The average molecular weight is 436 g/mol. The maximum Gasteiger partial charge on any atom is 0.245 e. The van der Waals surface area contributed by atoms with E-state index in [9.17, 15) is 18.0 Å². The Morgan fingerprint density at radius 2 is 1.87 bits per heavy atom. The van der Waals surface area contributed by atoms with Crippen molar-refractivity contribution < 1.29 is 18.0 Å². The highest BCUT2D eigenvalue weighted by Gasteiger charge is 2.45. The standard InChI is InChI=1S/C22H33N3O4S/c1-3-19(23-2)21(26)24-20-12-11-17-9-10-18(25(17)22(20)27)15-30(28,29)14-13-16-7-5-4-6-8-16/h4-8,17-20,23H,3,9-15H2,1-2H3,(H,24,26)/t17-,18+,19?,20+/m1/s1. The SMILES string of the molecule is CCC(NC)C(=O)N[C@H]1CC[C@H]2CC[C@@H](CS(=O)(=O)CCc3ccccc3)N2C1=O. The van der Waals surface area contributed by atoms with Crippen LogP contribution in [0, 0.1) is 0 Å². The van der Waals surface area contributed by atoms with Gasteiger partial charge in [0, 0.05) is 12.1 Å². The minimum absolute atomic E-state index is 0.00313. The zero-order valence-corrected chi connectivity index (χ0v) is 18.7. The molecule has 3 rings (SSSR count). The lowest BCUT2D eigenvalue weighted by Gasteiger charge is -2.38. The number of likely N-dealkylation sites (N-methyl/N-ethyl adjacent to an activating group) is 1. The number of aryl methyl sites for hydroxylation is 1. The highest BCUT2D eigenvalue weighted by Crippen LogP contribution is 2.33. The molecule has 2 saturated heterocycles. The second-order valence-corrected chi connectivity index (χ2v) is 10.6. The molecule has 2 aliphatic rings. The second-order valence-electron chi connectivity index (χ2n) is 8.37. The van der Waals surface area contributed by atoms with Gasteiger partial charge in [-0.15, -0.1) is 0 Å². The average Bonchev–Trinajstić information content (AvgIpc) is 3.13. The van der Waals surface area contributed by atoms with Gasteiger partial charge in [-0.3, -0.25) is 9.59 Å². The van der Waals surface area contributed by atoms with Crippen LogP contribution in [0.2, 0.25) is 0 Å². The van der Waals surface area contributed by atoms with Gasteiger partial charge in [-0.25, -0.2) is 8.42 Å². The minimum Gasteiger partial charge on any atom is -0.343 e. The molecule has 2 aliphatic heterocycles. The number of carbonyl (C=O) groups is 2. The van der Waals surface area contributed by atoms with Crippen LogP contribution in [0.1, 0.15) is 44.6 Å². The van der Waals surface area contributed by atoms with Crippen molar-refractivity contribution in [1.29, 1.82) is 0 Å². The van der Waals surface area contributed by atoms with Crippen LogP contribution < -0.4 is 10.6 Å². The van der Waals surface area contributed by atoms with E-state index in [2.05, 4.69) is 10.6 Å². The van der Waals surface area contributed by atoms with Gasteiger partial charge < -0.3 is 15.5 Å². The van der Waals surface area contributed by atoms with E-state index in [1.165, 1.54) is 0 Å². The molecule has 0 aromatic heterocycles. The summed E-state index contributed by atoms with van der Waals surface area (Å²) in [6, 6.07) is 8.47. The fraction of sp³-hybridized carbons (Fsp3) is 0.636. The molecular formula is C22H33N3O4S. The van der Waals surface area contributed by atoms with Crippen LogP contribution in [0.5, 0.6) is 0 Å². The highest BCUT2D eigenvalue weighted by molar-refractivity contribution is 7.91. The number of rotatable bonds is 9. The van der Waals surface area contributed by atoms with Gasteiger partial charge in [-0.1, -0.05) is 37.3 Å². The third-order valence-electron chi connectivity index (χ3n) is 6.34. The van der Waals surface area contributed by atoms with Crippen molar-refractivity contribution in [2.75, 3.05) is 18.6 Å². The molecule has 0 spiro atoms. The number of piperidine rings is 1. The van der Waals surface area contributed by atoms with E-state index in [4.69, 9.17) is 0 Å². The van der Waals surface area contributed by atoms with E-state index in [1.807, 2.05) is 37.3 Å². The summed E-state index contributed by atoms with van der Waals surface area (Å²) >= 11 is 0. The van der Waals surface area contributed by atoms with Gasteiger partial charge in [0.15, 0.2) is 9.84 Å². The van der Waals surface area contributed by atoms with Crippen molar-refractivity contribution in [3.05, 3.63) is 35.9 Å². The summed E-state index contributed by atoms with van der Waals surface area (Å²) in [4.78, 5) is 27.3. The van der Waals surface area contributed by atoms with Crippen molar-refractivity contribution >= 4 is 21.7 Å². The van der Waals surface area contributed by atoms with E-state index in [0.29, 0.717) is 25.7 Å². The Morgan fingerprint density at radius 3 is 2.53 bits per heavy atom. The summed E-state index contributed by atoms with van der Waals surface area (Å²) in [5.41, 5.74) is 0.997. The molecule has 7 nitrogen and oxygen atoms in total. The van der Waals surface area contributed by atoms with Crippen LogP contribution in [-0.4, -0.2) is 67.9 Å². The third-order valence-corrected chi connectivity index (χ3v) is 8.06. The number of hydrogen-bond donors (Lipinski definition) is 2. The largest absolute Gasteiger partial charge is 0.343 e. The van der Waals surface area contributed by atoms with Gasteiger partial charge in [0.05, 0.1) is 17.5 Å². The maximum atomic E-state index is 13.1. The molecule has 30 heavy (non-hydrogen) atoms. The molecule has 166 valence electrons. The van der Waals surface area contributed by atoms with Crippen LogP contribution in [-0.2, 0) is 25.8 Å². The molecule has 4 atom stereocenters. The van der Waals surface area contributed by atoms with Crippen molar-refractivity contribution in [2.24, 2.45) is 0 Å². The molecule has 1 unspecified atom stereocenters. The summed E-state index contributed by atoms with van der Waals surface area (Å²) in [6.07, 6.45) is 4.06. The normalized spacial score (nSPS) is 25.1. The molecular weight excluding hydrogens is 402 g/mol. The van der Waals surface area contributed by atoms with Crippen molar-refractivity contribution in [1.82, 2.24) is 15.5 Å². The van der Waals surface area contributed by atoms with Crippen LogP contribution >= 0.6 is 0 Å². The van der Waals surface area contributed by atoms with Crippen LogP contribution in [0.15, 0.2) is 30.3 Å². The first-order valence-corrected chi connectivity index (χ1v) is 12.7. The monoisotopic (exact) mass is 435 g/mol. The quantitative estimate of drug-likeness (QED) is 0.609. The first-order valence-electron chi connectivity index (χ1n) is 10.9. The van der Waals surface area contributed by atoms with Crippen LogP contribution in [0.3, 0.4) is 0 Å². The summed E-state index contributed by atoms with van der Waals surface area (Å²) in [7, 11) is -1.56. The van der Waals surface area contributed by atoms with E-state index in [0.717, 1.165) is 18.4 Å². The molecule has 0 aliphatic carbocycles. The molecule has 8 heteroatoms. The number of nitrogens with one attached hydrogen (secondary N) is 2. The summed E-state index contributed by atoms with van der Waals surface area (Å²) < 4.78 is 25.5. The summed E-state index contributed by atoms with van der Waals surface area (Å²) in [5, 5.41) is 5.82. The van der Waals surface area contributed by atoms with Gasteiger partial charge in [0.25, 0.3) is 0 Å². The Bertz CT molecular complexity index is 839. The molecule has 0 bridgehead atoms. The zero-order chi connectivity index (χ0) is 21.7. The predicted octanol–water partition coefficient (Wildman–Crippen LogP) is 1.28. The van der Waals surface area contributed by atoms with Gasteiger partial charge in [-0.05, 0) is 51.1 Å². The van der Waals surface area contributed by atoms with Crippen molar-refractivity contribution in [3.63, 3.8) is 0 Å². The number of benzene rings is 1. The first kappa shape index (κ1) is 22.7. The molecule has 2 fully saturated rings. The molecule has 0 radical (unpaired) electrons. The Kier molecular flexibility index (Phi) is 7.52. The van der Waals surface area contributed by atoms with E-state index in [-0.39, 0.29) is 41.4 Å². The number of nitrogens with zero attached hydrogens (tertiary/aromatic N) is 1. The number of fused-ring (bicyclic) bond motifs is 1. The lowest BCUT2D eigenvalue weighted by molar-refractivity contribution is -0.142. The van der Waals surface area contributed by atoms with Gasteiger partial charge in [-0.2, -0.15) is 0 Å². The van der Waals surface area contributed by atoms with E-state index >= 15 is 0 Å². The number of hydrogen-bond acceptors (Lipinski definition) is 5. The molecule has 1 aromatic rings. The zero-order valence-electron chi connectivity index (χ0n) is 17.8. The number of amides is 2. The third kappa shape index (κ3) is 5.40. The van der Waals surface area contributed by atoms with E-state index < -0.39 is 15.9 Å². The fourth-order valence-corrected chi connectivity index (χ4v) is 6.28. The molecule has 2 heterocycles. The second kappa shape index (κ2) is 9.92. The Morgan fingerprint density at radius 1 is 1.17 bits per heavy atom. The number of carbonyl (C=O) groups excluding carboxylic acids is 2. The van der Waals surface area contributed by atoms with Crippen LogP contribution in [0.25, 0.3) is 0 Å². The lowest BCUT2D eigenvalue weighted by atomic mass is 9.97. The topological polar surface area (TPSA) is 95.6 Å². The van der Waals surface area contributed by atoms with Crippen molar-refractivity contribution in [2.45, 2.75) is 69.6 Å². The number of sulfone groups is 1. The smallest absolute Gasteiger partial charge is 0.245 e. The first-order chi connectivity index (χ1) is 14.3. The van der Waals surface area contributed by atoms with Gasteiger partial charge in [0.1, 0.15) is 6.04 Å². The lowest BCUT2D eigenvalue weighted by Crippen LogP contribution is -2.59. The Hall–Kier alpha value is -1.93. The highest BCUT2D eigenvalue weighted by atomic mass is 32.2.